The zero-order chi connectivity index (χ0) is 12.1. The molecule has 0 bridgehead atoms. The first kappa shape index (κ1) is 12.4. The van der Waals surface area contributed by atoms with E-state index in [0.717, 1.165) is 23.2 Å². The molecule has 1 atom stereocenters. The van der Waals surface area contributed by atoms with Gasteiger partial charge in [0.1, 0.15) is 5.76 Å². The molecule has 1 heterocycles. The molecule has 17 heavy (non-hydrogen) atoms. The molecule has 2 rings (SSSR count). The molecule has 2 aromatic rings. The molecule has 0 fully saturated rings. The summed E-state index contributed by atoms with van der Waals surface area (Å²) in [7, 11) is 0. The molecular weight excluding hydrogens is 278 g/mol. The van der Waals surface area contributed by atoms with Gasteiger partial charge in [-0.05, 0) is 30.2 Å². The minimum absolute atomic E-state index is 0.275. The van der Waals surface area contributed by atoms with Gasteiger partial charge in [0.25, 0.3) is 0 Å². The van der Waals surface area contributed by atoms with E-state index in [0.29, 0.717) is 0 Å². The summed E-state index contributed by atoms with van der Waals surface area (Å²) in [5.74, 6) is 1.000. The van der Waals surface area contributed by atoms with Gasteiger partial charge >= 0.3 is 0 Å². The average Bonchev–Trinajstić information content (AvgIpc) is 2.86. The van der Waals surface area contributed by atoms with Gasteiger partial charge in [-0.1, -0.05) is 41.1 Å². The highest BCUT2D eigenvalue weighted by Crippen LogP contribution is 2.20. The number of benzene rings is 1. The Bertz CT molecular complexity index is 453. The molecule has 1 unspecified atom stereocenters. The van der Waals surface area contributed by atoms with E-state index in [4.69, 9.17) is 4.42 Å². The summed E-state index contributed by atoms with van der Waals surface area (Å²) in [6.45, 7) is 2.99. The van der Waals surface area contributed by atoms with Crippen LogP contribution in [0.15, 0.2) is 51.6 Å². The highest BCUT2D eigenvalue weighted by Gasteiger charge is 2.11. The Morgan fingerprint density at radius 3 is 2.71 bits per heavy atom. The van der Waals surface area contributed by atoms with Gasteiger partial charge < -0.3 is 9.73 Å². The van der Waals surface area contributed by atoms with E-state index in [9.17, 15) is 0 Å². The van der Waals surface area contributed by atoms with Gasteiger partial charge in [-0.15, -0.1) is 0 Å². The van der Waals surface area contributed by atoms with Crippen LogP contribution in [0.4, 0.5) is 0 Å². The second kappa shape index (κ2) is 6.03. The van der Waals surface area contributed by atoms with E-state index in [-0.39, 0.29) is 6.04 Å². The van der Waals surface area contributed by atoms with Crippen molar-refractivity contribution in [2.45, 2.75) is 25.9 Å². The number of furan rings is 1. The summed E-state index contributed by atoms with van der Waals surface area (Å²) in [4.78, 5) is 0. The van der Waals surface area contributed by atoms with Crippen molar-refractivity contribution in [1.82, 2.24) is 5.32 Å². The topological polar surface area (TPSA) is 25.2 Å². The summed E-state index contributed by atoms with van der Waals surface area (Å²) >= 11 is 3.55. The molecule has 0 saturated heterocycles. The first-order valence-corrected chi connectivity index (χ1v) is 6.60. The molecule has 0 spiro atoms. The first-order chi connectivity index (χ1) is 8.31. The maximum Gasteiger partial charge on any atom is 0.120 e. The molecule has 0 aliphatic rings. The third kappa shape index (κ3) is 3.20. The molecule has 0 aliphatic heterocycles. The lowest BCUT2D eigenvalue weighted by molar-refractivity contribution is 0.403. The molecule has 1 aromatic carbocycles. The average molecular weight is 294 g/mol. The van der Waals surface area contributed by atoms with Crippen LogP contribution in [0.1, 0.15) is 30.7 Å². The van der Waals surface area contributed by atoms with Crippen molar-refractivity contribution in [3.63, 3.8) is 0 Å². The second-order valence-electron chi connectivity index (χ2n) is 3.95. The summed E-state index contributed by atoms with van der Waals surface area (Å²) in [6.07, 6.45) is 2.73. The van der Waals surface area contributed by atoms with Gasteiger partial charge in [0.05, 0.1) is 12.3 Å². The van der Waals surface area contributed by atoms with Crippen LogP contribution in [-0.2, 0) is 6.54 Å². The highest BCUT2D eigenvalue weighted by atomic mass is 79.9. The molecule has 0 saturated carbocycles. The Hall–Kier alpha value is -1.06. The van der Waals surface area contributed by atoms with Gasteiger partial charge in [-0.2, -0.15) is 0 Å². The minimum Gasteiger partial charge on any atom is -0.468 e. The van der Waals surface area contributed by atoms with Crippen LogP contribution in [0, 0.1) is 0 Å². The third-order valence-electron chi connectivity index (χ3n) is 2.79. The molecule has 0 amide bonds. The van der Waals surface area contributed by atoms with Crippen molar-refractivity contribution in [3.05, 3.63) is 58.5 Å². The van der Waals surface area contributed by atoms with E-state index in [1.165, 1.54) is 5.56 Å². The SMILES string of the molecule is CCC(NCc1ccccc1Br)c1ccco1. The molecular formula is C14H16BrNO. The smallest absolute Gasteiger partial charge is 0.120 e. The van der Waals surface area contributed by atoms with Gasteiger partial charge in [0.2, 0.25) is 0 Å². The van der Waals surface area contributed by atoms with Gasteiger partial charge in [0, 0.05) is 11.0 Å². The molecule has 1 N–H and O–H groups in total. The zero-order valence-electron chi connectivity index (χ0n) is 9.82. The molecule has 2 nitrogen and oxygen atoms in total. The Labute approximate surface area is 110 Å². The fourth-order valence-corrected chi connectivity index (χ4v) is 2.24. The minimum atomic E-state index is 0.275. The number of rotatable bonds is 5. The Kier molecular flexibility index (Phi) is 4.40. The van der Waals surface area contributed by atoms with E-state index in [1.807, 2.05) is 18.2 Å². The predicted molar refractivity (Wildman–Crippen MR) is 72.7 cm³/mol. The molecule has 3 heteroatoms. The Morgan fingerprint density at radius 1 is 1.24 bits per heavy atom. The normalized spacial score (nSPS) is 12.6. The van der Waals surface area contributed by atoms with E-state index >= 15 is 0 Å². The molecule has 1 aromatic heterocycles. The number of halogens is 1. The summed E-state index contributed by atoms with van der Waals surface area (Å²) in [5, 5.41) is 3.51. The van der Waals surface area contributed by atoms with Crippen LogP contribution in [0.2, 0.25) is 0 Å². The largest absolute Gasteiger partial charge is 0.468 e. The van der Waals surface area contributed by atoms with Crippen LogP contribution in [0.5, 0.6) is 0 Å². The Balaban J connectivity index is 2.00. The van der Waals surface area contributed by atoms with Crippen molar-refractivity contribution in [2.75, 3.05) is 0 Å². The van der Waals surface area contributed by atoms with Crippen molar-refractivity contribution < 1.29 is 4.42 Å². The number of hydrogen-bond donors (Lipinski definition) is 1. The predicted octanol–water partition coefficient (Wildman–Crippen LogP) is 4.28. The lowest BCUT2D eigenvalue weighted by Gasteiger charge is -2.15. The number of nitrogens with one attached hydrogen (secondary N) is 1. The second-order valence-corrected chi connectivity index (χ2v) is 4.80. The van der Waals surface area contributed by atoms with Gasteiger partial charge in [-0.25, -0.2) is 0 Å². The standard InChI is InChI=1S/C14H16BrNO/c1-2-13(14-8-5-9-17-14)16-10-11-6-3-4-7-12(11)15/h3-9,13,16H,2,10H2,1H3. The molecule has 0 aliphatic carbocycles. The summed E-state index contributed by atoms with van der Waals surface area (Å²) in [5.41, 5.74) is 1.26. The summed E-state index contributed by atoms with van der Waals surface area (Å²) < 4.78 is 6.57. The first-order valence-electron chi connectivity index (χ1n) is 5.81. The Morgan fingerprint density at radius 2 is 2.06 bits per heavy atom. The van der Waals surface area contributed by atoms with Crippen molar-refractivity contribution in [2.24, 2.45) is 0 Å². The maximum absolute atomic E-state index is 5.43. The van der Waals surface area contributed by atoms with Crippen LogP contribution < -0.4 is 5.32 Å². The van der Waals surface area contributed by atoms with Crippen molar-refractivity contribution in [1.29, 1.82) is 0 Å². The highest BCUT2D eigenvalue weighted by molar-refractivity contribution is 9.10. The van der Waals surface area contributed by atoms with E-state index in [2.05, 4.69) is 46.4 Å². The van der Waals surface area contributed by atoms with Crippen LogP contribution in [-0.4, -0.2) is 0 Å². The fourth-order valence-electron chi connectivity index (χ4n) is 1.81. The van der Waals surface area contributed by atoms with E-state index < -0.39 is 0 Å². The fraction of sp³-hybridized carbons (Fsp3) is 0.286. The quantitative estimate of drug-likeness (QED) is 0.890. The van der Waals surface area contributed by atoms with Crippen molar-refractivity contribution >= 4 is 15.9 Å². The van der Waals surface area contributed by atoms with Crippen LogP contribution in [0.25, 0.3) is 0 Å². The maximum atomic E-state index is 5.43. The zero-order valence-corrected chi connectivity index (χ0v) is 11.4. The lowest BCUT2D eigenvalue weighted by atomic mass is 10.1. The van der Waals surface area contributed by atoms with Gasteiger partial charge in [-0.3, -0.25) is 0 Å². The number of hydrogen-bond acceptors (Lipinski definition) is 2. The molecule has 0 radical (unpaired) electrons. The molecule has 90 valence electrons. The van der Waals surface area contributed by atoms with Crippen molar-refractivity contribution in [3.8, 4) is 0 Å². The van der Waals surface area contributed by atoms with Crippen LogP contribution in [0.3, 0.4) is 0 Å². The summed E-state index contributed by atoms with van der Waals surface area (Å²) in [6, 6.07) is 12.5. The third-order valence-corrected chi connectivity index (χ3v) is 3.57. The van der Waals surface area contributed by atoms with E-state index in [1.54, 1.807) is 6.26 Å². The lowest BCUT2D eigenvalue weighted by Crippen LogP contribution is -2.19. The monoisotopic (exact) mass is 293 g/mol. The van der Waals surface area contributed by atoms with Gasteiger partial charge in [0.15, 0.2) is 0 Å². The van der Waals surface area contributed by atoms with Crippen LogP contribution >= 0.6 is 15.9 Å².